The minimum atomic E-state index is 0.507. The first-order valence-corrected chi connectivity index (χ1v) is 6.72. The van der Waals surface area contributed by atoms with E-state index in [1.807, 2.05) is 7.05 Å². The summed E-state index contributed by atoms with van der Waals surface area (Å²) in [6.45, 7) is 2.08. The van der Waals surface area contributed by atoms with Crippen LogP contribution in [0.1, 0.15) is 24.6 Å². The maximum atomic E-state index is 9.13. The zero-order valence-corrected chi connectivity index (χ0v) is 12.2. The number of nitrogens with zero attached hydrogens (tertiary/aromatic N) is 3. The van der Waals surface area contributed by atoms with E-state index in [0.717, 1.165) is 18.5 Å². The minimum absolute atomic E-state index is 0.507. The Bertz CT molecular complexity index is 669. The van der Waals surface area contributed by atoms with Crippen molar-refractivity contribution in [2.24, 2.45) is 7.05 Å². The quantitative estimate of drug-likeness (QED) is 0.905. The first kappa shape index (κ1) is 14.2. The van der Waals surface area contributed by atoms with Crippen molar-refractivity contribution in [1.82, 2.24) is 9.78 Å². The molecule has 2 aromatic rings. The van der Waals surface area contributed by atoms with Crippen molar-refractivity contribution in [2.45, 2.75) is 19.8 Å². The number of anilines is 3. The Morgan fingerprint density at radius 3 is 2.90 bits per heavy atom. The van der Waals surface area contributed by atoms with Gasteiger partial charge in [-0.3, -0.25) is 4.68 Å². The lowest BCUT2D eigenvalue weighted by Gasteiger charge is -2.09. The van der Waals surface area contributed by atoms with Gasteiger partial charge in [-0.25, -0.2) is 0 Å². The largest absolute Gasteiger partial charge is 0.394 e. The zero-order chi connectivity index (χ0) is 14.7. The third-order valence-corrected chi connectivity index (χ3v) is 3.24. The molecule has 5 nitrogen and oxygen atoms in total. The van der Waals surface area contributed by atoms with Crippen LogP contribution in [0.4, 0.5) is 17.2 Å². The fraction of sp³-hybridized carbons (Fsp3) is 0.286. The Kier molecular flexibility index (Phi) is 4.16. The Morgan fingerprint density at radius 2 is 2.25 bits per heavy atom. The highest BCUT2D eigenvalue weighted by Gasteiger charge is 2.14. The number of aromatic nitrogens is 2. The fourth-order valence-electron chi connectivity index (χ4n) is 2.01. The van der Waals surface area contributed by atoms with Gasteiger partial charge in [-0.15, -0.1) is 0 Å². The van der Waals surface area contributed by atoms with Crippen molar-refractivity contribution < 1.29 is 0 Å². The number of hydrogen-bond donors (Lipinski definition) is 2. The van der Waals surface area contributed by atoms with Crippen molar-refractivity contribution in [3.05, 3.63) is 34.5 Å². The smallest absolute Gasteiger partial charge is 0.152 e. The summed E-state index contributed by atoms with van der Waals surface area (Å²) in [4.78, 5) is 0. The van der Waals surface area contributed by atoms with Crippen LogP contribution in [-0.2, 0) is 13.5 Å². The van der Waals surface area contributed by atoms with Gasteiger partial charge in [0, 0.05) is 12.1 Å². The molecule has 2 rings (SSSR count). The van der Waals surface area contributed by atoms with E-state index in [0.29, 0.717) is 27.8 Å². The van der Waals surface area contributed by atoms with E-state index in [4.69, 9.17) is 22.6 Å². The average Bonchev–Trinajstić information content (AvgIpc) is 2.67. The molecule has 0 unspecified atom stereocenters. The summed E-state index contributed by atoms with van der Waals surface area (Å²) in [5.41, 5.74) is 8.70. The molecule has 0 aliphatic heterocycles. The van der Waals surface area contributed by atoms with Gasteiger partial charge in [0.2, 0.25) is 0 Å². The molecule has 0 amide bonds. The summed E-state index contributed by atoms with van der Waals surface area (Å²) in [6, 6.07) is 7.17. The lowest BCUT2D eigenvalue weighted by Crippen LogP contribution is -2.02. The van der Waals surface area contributed by atoms with Gasteiger partial charge < -0.3 is 11.1 Å². The standard InChI is InChI=1S/C14H16ClN5/c1-3-4-11-13(17)14(20(2)19-11)18-12-7-10(15)6-5-9(12)8-16/h5-7,18H,3-4,17H2,1-2H3. The second-order valence-corrected chi connectivity index (χ2v) is 4.95. The summed E-state index contributed by atoms with van der Waals surface area (Å²) in [5, 5.41) is 17.2. The third kappa shape index (κ3) is 2.70. The van der Waals surface area contributed by atoms with E-state index in [2.05, 4.69) is 23.4 Å². The Balaban J connectivity index is 2.40. The summed E-state index contributed by atoms with van der Waals surface area (Å²) in [6.07, 6.45) is 1.79. The number of nitrogen functional groups attached to an aromatic ring is 1. The van der Waals surface area contributed by atoms with E-state index < -0.39 is 0 Å². The van der Waals surface area contributed by atoms with Crippen molar-refractivity contribution in [3.8, 4) is 6.07 Å². The molecule has 6 heteroatoms. The number of rotatable bonds is 4. The van der Waals surface area contributed by atoms with Crippen LogP contribution in [0.15, 0.2) is 18.2 Å². The van der Waals surface area contributed by atoms with Gasteiger partial charge >= 0.3 is 0 Å². The number of nitrogens with two attached hydrogens (primary N) is 1. The van der Waals surface area contributed by atoms with Crippen LogP contribution in [0.3, 0.4) is 0 Å². The SMILES string of the molecule is CCCc1nn(C)c(Nc2cc(Cl)ccc2C#N)c1N. The van der Waals surface area contributed by atoms with E-state index >= 15 is 0 Å². The molecular weight excluding hydrogens is 274 g/mol. The molecule has 1 aromatic heterocycles. The molecule has 1 aromatic carbocycles. The van der Waals surface area contributed by atoms with Crippen LogP contribution < -0.4 is 11.1 Å². The molecule has 0 saturated carbocycles. The van der Waals surface area contributed by atoms with Gasteiger partial charge in [0.15, 0.2) is 5.82 Å². The first-order chi connectivity index (χ1) is 9.56. The molecule has 0 fully saturated rings. The second kappa shape index (κ2) is 5.85. The molecule has 3 N–H and O–H groups in total. The van der Waals surface area contributed by atoms with Crippen LogP contribution in [0.2, 0.25) is 5.02 Å². The predicted octanol–water partition coefficient (Wildman–Crippen LogP) is 3.22. The second-order valence-electron chi connectivity index (χ2n) is 4.51. The van der Waals surface area contributed by atoms with Crippen LogP contribution in [0, 0.1) is 11.3 Å². The van der Waals surface area contributed by atoms with Gasteiger partial charge in [-0.1, -0.05) is 24.9 Å². The Labute approximate surface area is 123 Å². The lowest BCUT2D eigenvalue weighted by atomic mass is 10.2. The van der Waals surface area contributed by atoms with E-state index in [9.17, 15) is 0 Å². The molecular formula is C14H16ClN5. The van der Waals surface area contributed by atoms with Gasteiger partial charge in [0.1, 0.15) is 6.07 Å². The van der Waals surface area contributed by atoms with Gasteiger partial charge in [-0.2, -0.15) is 10.4 Å². The van der Waals surface area contributed by atoms with Crippen molar-refractivity contribution in [3.63, 3.8) is 0 Å². The van der Waals surface area contributed by atoms with Gasteiger partial charge in [0.05, 0.1) is 22.6 Å². The Hall–Kier alpha value is -2.19. The highest BCUT2D eigenvalue weighted by molar-refractivity contribution is 6.30. The molecule has 0 aliphatic carbocycles. The monoisotopic (exact) mass is 289 g/mol. The topological polar surface area (TPSA) is 79.7 Å². The Morgan fingerprint density at radius 1 is 1.50 bits per heavy atom. The predicted molar refractivity (Wildman–Crippen MR) is 81.1 cm³/mol. The molecule has 0 radical (unpaired) electrons. The molecule has 0 saturated heterocycles. The maximum Gasteiger partial charge on any atom is 0.152 e. The van der Waals surface area contributed by atoms with Crippen LogP contribution in [0.5, 0.6) is 0 Å². The first-order valence-electron chi connectivity index (χ1n) is 6.34. The van der Waals surface area contributed by atoms with Crippen LogP contribution in [-0.4, -0.2) is 9.78 Å². The molecule has 104 valence electrons. The lowest BCUT2D eigenvalue weighted by molar-refractivity contribution is 0.740. The van der Waals surface area contributed by atoms with Gasteiger partial charge in [-0.05, 0) is 24.6 Å². The zero-order valence-electron chi connectivity index (χ0n) is 11.4. The number of nitrogens with one attached hydrogen (secondary N) is 1. The molecule has 0 bridgehead atoms. The minimum Gasteiger partial charge on any atom is -0.394 e. The van der Waals surface area contributed by atoms with Crippen LogP contribution >= 0.6 is 11.6 Å². The summed E-state index contributed by atoms with van der Waals surface area (Å²) < 4.78 is 1.68. The molecule has 0 spiro atoms. The number of nitriles is 1. The normalized spacial score (nSPS) is 10.3. The fourth-order valence-corrected chi connectivity index (χ4v) is 2.18. The van der Waals surface area contributed by atoms with E-state index in [-0.39, 0.29) is 0 Å². The third-order valence-electron chi connectivity index (χ3n) is 3.00. The van der Waals surface area contributed by atoms with Gasteiger partial charge in [0.25, 0.3) is 0 Å². The van der Waals surface area contributed by atoms with E-state index in [1.165, 1.54) is 0 Å². The number of hydrogen-bond acceptors (Lipinski definition) is 4. The maximum absolute atomic E-state index is 9.13. The number of halogens is 1. The van der Waals surface area contributed by atoms with Crippen LogP contribution in [0.25, 0.3) is 0 Å². The molecule has 0 atom stereocenters. The molecule has 0 aliphatic rings. The molecule has 20 heavy (non-hydrogen) atoms. The van der Waals surface area contributed by atoms with Crippen molar-refractivity contribution in [1.29, 1.82) is 5.26 Å². The highest BCUT2D eigenvalue weighted by Crippen LogP contribution is 2.29. The number of aryl methyl sites for hydroxylation is 2. The summed E-state index contributed by atoms with van der Waals surface area (Å²) >= 11 is 5.97. The van der Waals surface area contributed by atoms with Crippen molar-refractivity contribution in [2.75, 3.05) is 11.1 Å². The summed E-state index contributed by atoms with van der Waals surface area (Å²) in [5.74, 6) is 0.673. The highest BCUT2D eigenvalue weighted by atomic mass is 35.5. The average molecular weight is 290 g/mol. The number of benzene rings is 1. The molecule has 1 heterocycles. The van der Waals surface area contributed by atoms with E-state index in [1.54, 1.807) is 22.9 Å². The summed E-state index contributed by atoms with van der Waals surface area (Å²) in [7, 11) is 1.81. The van der Waals surface area contributed by atoms with Crippen molar-refractivity contribution >= 4 is 28.8 Å².